The van der Waals surface area contributed by atoms with Crippen LogP contribution in [0.1, 0.15) is 5.56 Å². The standard InChI is InChI=1S/C31H26N4O5/c1-38-21-12-8-19(9-13-21)18-34-25-16-24(39-2)17-26(36)27(25)29-28(31(34)37)30(32)35(33-29)20-10-14-23(15-11-20)40-22-6-4-3-5-7-22/h3-17,36H,18,32H2,1-2H3. The third-order valence-electron chi connectivity index (χ3n) is 6.77. The predicted molar refractivity (Wildman–Crippen MR) is 154 cm³/mol. The molecule has 0 spiro atoms. The van der Waals surface area contributed by atoms with E-state index in [1.165, 1.54) is 17.9 Å². The first-order valence-electron chi connectivity index (χ1n) is 12.5. The van der Waals surface area contributed by atoms with Crippen LogP contribution in [0.5, 0.6) is 28.7 Å². The minimum absolute atomic E-state index is 0.0703. The summed E-state index contributed by atoms with van der Waals surface area (Å²) in [5, 5.41) is 16.4. The highest BCUT2D eigenvalue weighted by Gasteiger charge is 2.22. The van der Waals surface area contributed by atoms with Crippen molar-refractivity contribution in [2.75, 3.05) is 20.0 Å². The van der Waals surface area contributed by atoms with Gasteiger partial charge in [0.25, 0.3) is 5.56 Å². The Kier molecular flexibility index (Phi) is 6.24. The van der Waals surface area contributed by atoms with Crippen molar-refractivity contribution in [3.05, 3.63) is 107 Å². The number of fused-ring (bicyclic) bond motifs is 3. The molecule has 2 heterocycles. The van der Waals surface area contributed by atoms with Gasteiger partial charge in [0, 0.05) is 12.1 Å². The fourth-order valence-electron chi connectivity index (χ4n) is 4.77. The fraction of sp³-hybridized carbons (Fsp3) is 0.0968. The number of aromatic hydroxyl groups is 1. The molecule has 0 atom stereocenters. The van der Waals surface area contributed by atoms with Crippen molar-refractivity contribution in [1.29, 1.82) is 0 Å². The number of anilines is 1. The second kappa shape index (κ2) is 10.0. The van der Waals surface area contributed by atoms with Crippen molar-refractivity contribution < 1.29 is 19.3 Å². The highest BCUT2D eigenvalue weighted by atomic mass is 16.5. The number of nitrogens with two attached hydrogens (primary N) is 1. The molecule has 2 aromatic heterocycles. The fourth-order valence-corrected chi connectivity index (χ4v) is 4.77. The normalized spacial score (nSPS) is 11.2. The van der Waals surface area contributed by atoms with E-state index in [-0.39, 0.29) is 29.1 Å². The van der Waals surface area contributed by atoms with Gasteiger partial charge in [0.1, 0.15) is 45.5 Å². The molecule has 0 fully saturated rings. The Morgan fingerprint density at radius 3 is 2.12 bits per heavy atom. The second-order valence-electron chi connectivity index (χ2n) is 9.21. The van der Waals surface area contributed by atoms with E-state index in [1.807, 2.05) is 66.7 Å². The molecule has 0 saturated carbocycles. The van der Waals surface area contributed by atoms with E-state index in [1.54, 1.807) is 29.9 Å². The molecule has 0 saturated heterocycles. The van der Waals surface area contributed by atoms with E-state index in [9.17, 15) is 9.90 Å². The molecule has 9 heteroatoms. The van der Waals surface area contributed by atoms with E-state index in [4.69, 9.17) is 25.0 Å². The lowest BCUT2D eigenvalue weighted by molar-refractivity contribution is 0.409. The first-order valence-corrected chi connectivity index (χ1v) is 12.5. The second-order valence-corrected chi connectivity index (χ2v) is 9.21. The minimum atomic E-state index is -0.334. The highest BCUT2D eigenvalue weighted by molar-refractivity contribution is 6.10. The molecule has 9 nitrogen and oxygen atoms in total. The number of methoxy groups -OCH3 is 2. The Labute approximate surface area is 229 Å². The molecule has 6 aromatic rings. The van der Waals surface area contributed by atoms with Crippen LogP contribution in [0, 0.1) is 0 Å². The maximum Gasteiger partial charge on any atom is 0.264 e. The lowest BCUT2D eigenvalue weighted by Crippen LogP contribution is -2.22. The predicted octanol–water partition coefficient (Wildman–Crippen LogP) is 5.49. The summed E-state index contributed by atoms with van der Waals surface area (Å²) in [6, 6.07) is 27.3. The summed E-state index contributed by atoms with van der Waals surface area (Å²) in [4.78, 5) is 14.0. The van der Waals surface area contributed by atoms with Crippen LogP contribution in [0.3, 0.4) is 0 Å². The van der Waals surface area contributed by atoms with Crippen LogP contribution in [0.4, 0.5) is 5.82 Å². The summed E-state index contributed by atoms with van der Waals surface area (Å²) < 4.78 is 19.6. The number of aromatic nitrogens is 3. The lowest BCUT2D eigenvalue weighted by atomic mass is 10.1. The van der Waals surface area contributed by atoms with E-state index in [0.29, 0.717) is 39.4 Å². The Bertz CT molecular complexity index is 1890. The molecule has 0 bridgehead atoms. The summed E-state index contributed by atoms with van der Waals surface area (Å²) in [6.45, 7) is 0.234. The Morgan fingerprint density at radius 2 is 1.45 bits per heavy atom. The number of nitrogen functional groups attached to an aromatic ring is 1. The number of ether oxygens (including phenoxy) is 3. The van der Waals surface area contributed by atoms with Crippen LogP contribution in [-0.4, -0.2) is 33.7 Å². The average molecular weight is 535 g/mol. The molecular formula is C31H26N4O5. The molecular weight excluding hydrogens is 508 g/mol. The largest absolute Gasteiger partial charge is 0.507 e. The van der Waals surface area contributed by atoms with Gasteiger partial charge >= 0.3 is 0 Å². The van der Waals surface area contributed by atoms with E-state index >= 15 is 0 Å². The maximum atomic E-state index is 14.0. The Balaban J connectivity index is 1.50. The third kappa shape index (κ3) is 4.33. The molecule has 40 heavy (non-hydrogen) atoms. The smallest absolute Gasteiger partial charge is 0.264 e. The summed E-state index contributed by atoms with van der Waals surface area (Å²) in [5.41, 5.74) is 8.50. The van der Waals surface area contributed by atoms with Gasteiger partial charge in [-0.2, -0.15) is 5.10 Å². The van der Waals surface area contributed by atoms with Gasteiger partial charge in [0.15, 0.2) is 0 Å². The molecule has 0 unspecified atom stereocenters. The van der Waals surface area contributed by atoms with Crippen LogP contribution in [0.25, 0.3) is 27.5 Å². The number of hydrogen-bond donors (Lipinski definition) is 2. The molecule has 4 aromatic carbocycles. The SMILES string of the molecule is COc1ccc(Cn2c(=O)c3c(N)n(-c4ccc(Oc5ccccc5)cc4)nc3c3c(O)cc(OC)cc32)cc1. The zero-order valence-electron chi connectivity index (χ0n) is 21.9. The number of phenols is 1. The Hall–Kier alpha value is -5.44. The number of para-hydroxylation sites is 1. The van der Waals surface area contributed by atoms with Gasteiger partial charge in [-0.25, -0.2) is 4.68 Å². The minimum Gasteiger partial charge on any atom is -0.507 e. The number of benzene rings is 4. The molecule has 0 radical (unpaired) electrons. The van der Waals surface area contributed by atoms with Crippen molar-refractivity contribution in [3.8, 4) is 34.4 Å². The summed E-state index contributed by atoms with van der Waals surface area (Å²) in [6.07, 6.45) is 0. The van der Waals surface area contributed by atoms with E-state index in [2.05, 4.69) is 0 Å². The molecule has 0 amide bonds. The van der Waals surface area contributed by atoms with E-state index < -0.39 is 0 Å². The van der Waals surface area contributed by atoms with Gasteiger partial charge in [0.05, 0.1) is 37.4 Å². The van der Waals surface area contributed by atoms with Gasteiger partial charge in [-0.3, -0.25) is 4.79 Å². The molecule has 3 N–H and O–H groups in total. The first-order chi connectivity index (χ1) is 19.5. The van der Waals surface area contributed by atoms with Crippen molar-refractivity contribution in [2.24, 2.45) is 0 Å². The summed E-state index contributed by atoms with van der Waals surface area (Å²) in [7, 11) is 3.10. The quantitative estimate of drug-likeness (QED) is 0.279. The van der Waals surface area contributed by atoms with Crippen LogP contribution in [0.2, 0.25) is 0 Å². The summed E-state index contributed by atoms with van der Waals surface area (Å²) >= 11 is 0. The van der Waals surface area contributed by atoms with E-state index in [0.717, 1.165) is 11.3 Å². The topological polar surface area (TPSA) is 114 Å². The zero-order valence-corrected chi connectivity index (χ0v) is 21.9. The van der Waals surface area contributed by atoms with Crippen molar-refractivity contribution in [1.82, 2.24) is 14.3 Å². The highest BCUT2D eigenvalue weighted by Crippen LogP contribution is 2.36. The zero-order chi connectivity index (χ0) is 27.8. The number of nitrogens with zero attached hydrogens (tertiary/aromatic N) is 3. The van der Waals surface area contributed by atoms with Crippen molar-refractivity contribution >= 4 is 27.6 Å². The monoisotopic (exact) mass is 534 g/mol. The van der Waals surface area contributed by atoms with Gasteiger partial charge < -0.3 is 29.6 Å². The molecule has 6 rings (SSSR count). The molecule has 0 aliphatic heterocycles. The third-order valence-corrected chi connectivity index (χ3v) is 6.77. The van der Waals surface area contributed by atoms with Crippen LogP contribution in [-0.2, 0) is 6.54 Å². The molecule has 200 valence electrons. The van der Waals surface area contributed by atoms with Crippen molar-refractivity contribution in [2.45, 2.75) is 6.54 Å². The number of pyridine rings is 1. The maximum absolute atomic E-state index is 14.0. The van der Waals surface area contributed by atoms with Crippen LogP contribution >= 0.6 is 0 Å². The summed E-state index contributed by atoms with van der Waals surface area (Å²) in [5.74, 6) is 2.57. The van der Waals surface area contributed by atoms with Gasteiger partial charge in [0.2, 0.25) is 0 Å². The van der Waals surface area contributed by atoms with Crippen molar-refractivity contribution in [3.63, 3.8) is 0 Å². The molecule has 0 aliphatic carbocycles. The van der Waals surface area contributed by atoms with Crippen LogP contribution < -0.4 is 25.5 Å². The molecule has 0 aliphatic rings. The first kappa shape index (κ1) is 24.9. The number of hydrogen-bond acceptors (Lipinski definition) is 7. The lowest BCUT2D eigenvalue weighted by Gasteiger charge is -2.14. The number of phenolic OH excluding ortho intramolecular Hbond substituents is 1. The van der Waals surface area contributed by atoms with Gasteiger partial charge in [-0.05, 0) is 54.1 Å². The van der Waals surface area contributed by atoms with Gasteiger partial charge in [-0.15, -0.1) is 0 Å². The number of rotatable bonds is 7. The Morgan fingerprint density at radius 1 is 0.800 bits per heavy atom. The average Bonchev–Trinajstić information content (AvgIpc) is 3.33. The van der Waals surface area contributed by atoms with Gasteiger partial charge in [-0.1, -0.05) is 30.3 Å². The van der Waals surface area contributed by atoms with Crippen LogP contribution in [0.15, 0.2) is 95.8 Å².